The standard InChI is InChI=1S/C14H26N4O/c1-13(2)5-7-14(19-4,8-6-13)11(17-15)12-16-9-10-18(12)3/h9-11,17H,5-8,15H2,1-4H3. The van der Waals surface area contributed by atoms with Crippen LogP contribution in [-0.2, 0) is 11.8 Å². The molecule has 1 aliphatic rings. The van der Waals surface area contributed by atoms with Crippen molar-refractivity contribution < 1.29 is 4.74 Å². The minimum Gasteiger partial charge on any atom is -0.376 e. The van der Waals surface area contributed by atoms with Gasteiger partial charge in [-0.3, -0.25) is 5.84 Å². The molecule has 19 heavy (non-hydrogen) atoms. The van der Waals surface area contributed by atoms with Crippen LogP contribution >= 0.6 is 0 Å². The molecule has 5 nitrogen and oxygen atoms in total. The highest BCUT2D eigenvalue weighted by Gasteiger charge is 2.46. The lowest BCUT2D eigenvalue weighted by atomic mass is 9.68. The van der Waals surface area contributed by atoms with E-state index in [1.807, 2.05) is 17.8 Å². The summed E-state index contributed by atoms with van der Waals surface area (Å²) in [4.78, 5) is 4.43. The van der Waals surface area contributed by atoms with Crippen LogP contribution in [0.1, 0.15) is 51.4 Å². The van der Waals surface area contributed by atoms with E-state index in [1.54, 1.807) is 13.3 Å². The minimum absolute atomic E-state index is 0.0754. The molecule has 0 aliphatic heterocycles. The van der Waals surface area contributed by atoms with E-state index in [-0.39, 0.29) is 11.6 Å². The van der Waals surface area contributed by atoms with Crippen molar-refractivity contribution in [1.29, 1.82) is 0 Å². The maximum Gasteiger partial charge on any atom is 0.129 e. The number of nitrogens with zero attached hydrogens (tertiary/aromatic N) is 2. The van der Waals surface area contributed by atoms with Crippen molar-refractivity contribution in [2.24, 2.45) is 18.3 Å². The molecule has 1 aromatic rings. The van der Waals surface area contributed by atoms with Crippen LogP contribution in [0.25, 0.3) is 0 Å². The molecule has 1 atom stereocenters. The van der Waals surface area contributed by atoms with E-state index in [0.29, 0.717) is 5.41 Å². The van der Waals surface area contributed by atoms with Crippen LogP contribution in [0.2, 0.25) is 0 Å². The molecule has 0 aromatic carbocycles. The van der Waals surface area contributed by atoms with Crippen molar-refractivity contribution in [3.8, 4) is 0 Å². The first kappa shape index (κ1) is 14.5. The molecule has 108 valence electrons. The fraction of sp³-hybridized carbons (Fsp3) is 0.786. The number of nitrogens with two attached hydrogens (primary N) is 1. The largest absolute Gasteiger partial charge is 0.376 e. The maximum absolute atomic E-state index is 5.91. The van der Waals surface area contributed by atoms with E-state index in [0.717, 1.165) is 31.5 Å². The molecule has 1 heterocycles. The van der Waals surface area contributed by atoms with Crippen molar-refractivity contribution in [3.05, 3.63) is 18.2 Å². The number of rotatable bonds is 4. The van der Waals surface area contributed by atoms with Crippen LogP contribution < -0.4 is 11.3 Å². The predicted octanol–water partition coefficient (Wildman–Crippen LogP) is 1.91. The number of hydrogen-bond acceptors (Lipinski definition) is 4. The second kappa shape index (κ2) is 5.23. The summed E-state index contributed by atoms with van der Waals surface area (Å²) in [6, 6.07) is -0.0754. The maximum atomic E-state index is 5.91. The van der Waals surface area contributed by atoms with Crippen LogP contribution in [0.15, 0.2) is 12.4 Å². The molecule has 5 heteroatoms. The Morgan fingerprint density at radius 1 is 1.37 bits per heavy atom. The van der Waals surface area contributed by atoms with Crippen LogP contribution in [0, 0.1) is 5.41 Å². The minimum atomic E-state index is -0.261. The Balaban J connectivity index is 2.27. The van der Waals surface area contributed by atoms with Crippen molar-refractivity contribution in [2.45, 2.75) is 51.2 Å². The normalized spacial score (nSPS) is 23.2. The predicted molar refractivity (Wildman–Crippen MR) is 75.3 cm³/mol. The van der Waals surface area contributed by atoms with E-state index in [9.17, 15) is 0 Å². The number of imidazole rings is 1. The summed E-state index contributed by atoms with van der Waals surface area (Å²) in [6.07, 6.45) is 8.02. The molecule has 1 saturated carbocycles. The van der Waals surface area contributed by atoms with Gasteiger partial charge in [-0.15, -0.1) is 0 Å². The molecule has 1 aliphatic carbocycles. The Bertz CT molecular complexity index is 417. The third-order valence-electron chi connectivity index (χ3n) is 4.67. The van der Waals surface area contributed by atoms with Gasteiger partial charge in [-0.25, -0.2) is 10.4 Å². The van der Waals surface area contributed by atoms with Gasteiger partial charge in [0.25, 0.3) is 0 Å². The van der Waals surface area contributed by atoms with E-state index >= 15 is 0 Å². The fourth-order valence-corrected chi connectivity index (χ4v) is 3.08. The molecule has 1 unspecified atom stereocenters. The summed E-state index contributed by atoms with van der Waals surface area (Å²) < 4.78 is 7.91. The second-order valence-electron chi connectivity index (χ2n) is 6.43. The van der Waals surface area contributed by atoms with Crippen LogP contribution in [0.5, 0.6) is 0 Å². The Morgan fingerprint density at radius 3 is 2.42 bits per heavy atom. The van der Waals surface area contributed by atoms with Gasteiger partial charge in [0, 0.05) is 26.6 Å². The second-order valence-corrected chi connectivity index (χ2v) is 6.43. The molecule has 0 radical (unpaired) electrons. The SMILES string of the molecule is COC1(C(NN)c2nccn2C)CCC(C)(C)CC1. The molecule has 1 aromatic heterocycles. The molecular formula is C14H26N4O. The molecular weight excluding hydrogens is 240 g/mol. The van der Waals surface area contributed by atoms with Crippen LogP contribution in [0.4, 0.5) is 0 Å². The van der Waals surface area contributed by atoms with Crippen molar-refractivity contribution in [2.75, 3.05) is 7.11 Å². The zero-order chi connectivity index (χ0) is 14.1. The van der Waals surface area contributed by atoms with Gasteiger partial charge >= 0.3 is 0 Å². The van der Waals surface area contributed by atoms with E-state index in [1.165, 1.54) is 0 Å². The average molecular weight is 266 g/mol. The van der Waals surface area contributed by atoms with Crippen LogP contribution in [-0.4, -0.2) is 22.3 Å². The van der Waals surface area contributed by atoms with Crippen molar-refractivity contribution in [1.82, 2.24) is 15.0 Å². The number of ether oxygens (including phenoxy) is 1. The zero-order valence-corrected chi connectivity index (χ0v) is 12.4. The Morgan fingerprint density at radius 2 is 2.00 bits per heavy atom. The average Bonchev–Trinajstić information content (AvgIpc) is 2.79. The highest BCUT2D eigenvalue weighted by molar-refractivity contribution is 5.09. The molecule has 0 spiro atoms. The highest BCUT2D eigenvalue weighted by Crippen LogP contribution is 2.46. The molecule has 0 saturated heterocycles. The molecule has 0 bridgehead atoms. The first-order valence-electron chi connectivity index (χ1n) is 6.93. The Kier molecular flexibility index (Phi) is 3.99. The van der Waals surface area contributed by atoms with Crippen molar-refractivity contribution >= 4 is 0 Å². The van der Waals surface area contributed by atoms with Crippen molar-refractivity contribution in [3.63, 3.8) is 0 Å². The lowest BCUT2D eigenvalue weighted by molar-refractivity contribution is -0.0900. The Hall–Kier alpha value is -0.910. The monoisotopic (exact) mass is 266 g/mol. The quantitative estimate of drug-likeness (QED) is 0.645. The van der Waals surface area contributed by atoms with E-state index in [4.69, 9.17) is 10.6 Å². The van der Waals surface area contributed by atoms with Gasteiger partial charge in [-0.2, -0.15) is 0 Å². The lowest BCUT2D eigenvalue weighted by Gasteiger charge is -2.46. The Labute approximate surface area is 115 Å². The number of nitrogens with one attached hydrogen (secondary N) is 1. The van der Waals surface area contributed by atoms with Crippen LogP contribution in [0.3, 0.4) is 0 Å². The first-order valence-corrected chi connectivity index (χ1v) is 6.93. The first-order chi connectivity index (χ1) is 8.94. The zero-order valence-electron chi connectivity index (χ0n) is 12.4. The number of aromatic nitrogens is 2. The topological polar surface area (TPSA) is 65.1 Å². The fourth-order valence-electron chi connectivity index (χ4n) is 3.08. The number of hydrazine groups is 1. The van der Waals surface area contributed by atoms with Gasteiger partial charge in [0.1, 0.15) is 11.9 Å². The molecule has 3 N–H and O–H groups in total. The molecule has 1 fully saturated rings. The van der Waals surface area contributed by atoms with Gasteiger partial charge in [0.2, 0.25) is 0 Å². The van der Waals surface area contributed by atoms with E-state index < -0.39 is 0 Å². The number of methoxy groups -OCH3 is 1. The van der Waals surface area contributed by atoms with Gasteiger partial charge in [0.05, 0.1) is 5.60 Å². The highest BCUT2D eigenvalue weighted by atomic mass is 16.5. The van der Waals surface area contributed by atoms with Gasteiger partial charge in [-0.1, -0.05) is 13.8 Å². The smallest absolute Gasteiger partial charge is 0.129 e. The molecule has 2 rings (SSSR count). The lowest BCUT2D eigenvalue weighted by Crippen LogP contribution is -2.51. The summed E-state index contributed by atoms with van der Waals surface area (Å²) in [5.41, 5.74) is 3.06. The van der Waals surface area contributed by atoms with Gasteiger partial charge in [-0.05, 0) is 31.1 Å². The van der Waals surface area contributed by atoms with Gasteiger partial charge in [0.15, 0.2) is 0 Å². The third kappa shape index (κ3) is 2.68. The summed E-state index contributed by atoms with van der Waals surface area (Å²) in [6.45, 7) is 4.64. The number of aryl methyl sites for hydroxylation is 1. The van der Waals surface area contributed by atoms with E-state index in [2.05, 4.69) is 24.3 Å². The molecule has 0 amide bonds. The third-order valence-corrected chi connectivity index (χ3v) is 4.67. The number of hydrogen-bond donors (Lipinski definition) is 2. The summed E-state index contributed by atoms with van der Waals surface area (Å²) in [5.74, 6) is 6.74. The summed E-state index contributed by atoms with van der Waals surface area (Å²) in [5, 5.41) is 0. The van der Waals surface area contributed by atoms with Gasteiger partial charge < -0.3 is 9.30 Å². The summed E-state index contributed by atoms with van der Waals surface area (Å²) >= 11 is 0. The summed E-state index contributed by atoms with van der Waals surface area (Å²) in [7, 11) is 3.77.